The van der Waals surface area contributed by atoms with Gasteiger partial charge in [0.25, 0.3) is 0 Å². The zero-order chi connectivity index (χ0) is 12.1. The summed E-state index contributed by atoms with van der Waals surface area (Å²) < 4.78 is 0. The Kier molecular flexibility index (Phi) is 5.06. The number of rotatable bonds is 4. The lowest BCUT2D eigenvalue weighted by Crippen LogP contribution is -2.39. The standard InChI is InChI=1S/C11H18ClNO3/c1-7(12)10(14)13-6-8-4-2-3-5-9(8)11(15)16/h7-9H,2-6H2,1H3,(H,13,14)(H,15,16)/t7?,8-,9-/m0/s1. The molecule has 1 aliphatic carbocycles. The molecule has 0 radical (unpaired) electrons. The summed E-state index contributed by atoms with van der Waals surface area (Å²) in [5.41, 5.74) is 0. The van der Waals surface area contributed by atoms with Gasteiger partial charge in [0.05, 0.1) is 5.92 Å². The van der Waals surface area contributed by atoms with E-state index in [0.29, 0.717) is 13.0 Å². The summed E-state index contributed by atoms with van der Waals surface area (Å²) in [6.07, 6.45) is 3.59. The molecular weight excluding hydrogens is 230 g/mol. The molecule has 1 amide bonds. The van der Waals surface area contributed by atoms with Crippen LogP contribution >= 0.6 is 11.6 Å². The number of alkyl halides is 1. The summed E-state index contributed by atoms with van der Waals surface area (Å²) in [4.78, 5) is 22.3. The third-order valence-electron chi connectivity index (χ3n) is 3.13. The van der Waals surface area contributed by atoms with Crippen molar-refractivity contribution in [2.45, 2.75) is 38.0 Å². The minimum absolute atomic E-state index is 0.0469. The van der Waals surface area contributed by atoms with E-state index in [1.807, 2.05) is 0 Å². The van der Waals surface area contributed by atoms with Gasteiger partial charge in [0.1, 0.15) is 5.38 Å². The Morgan fingerprint density at radius 3 is 2.62 bits per heavy atom. The minimum Gasteiger partial charge on any atom is -0.481 e. The van der Waals surface area contributed by atoms with E-state index in [2.05, 4.69) is 5.32 Å². The minimum atomic E-state index is -0.752. The van der Waals surface area contributed by atoms with Gasteiger partial charge in [-0.05, 0) is 25.7 Å². The quantitative estimate of drug-likeness (QED) is 0.742. The van der Waals surface area contributed by atoms with Gasteiger partial charge in [-0.25, -0.2) is 0 Å². The number of amides is 1. The van der Waals surface area contributed by atoms with Gasteiger partial charge in [0, 0.05) is 6.54 Å². The summed E-state index contributed by atoms with van der Waals surface area (Å²) in [5.74, 6) is -1.25. The normalized spacial score (nSPS) is 27.1. The molecule has 0 spiro atoms. The van der Waals surface area contributed by atoms with Crippen molar-refractivity contribution in [2.24, 2.45) is 11.8 Å². The monoisotopic (exact) mass is 247 g/mol. The van der Waals surface area contributed by atoms with E-state index < -0.39 is 11.3 Å². The van der Waals surface area contributed by atoms with Crippen LogP contribution in [0.4, 0.5) is 0 Å². The van der Waals surface area contributed by atoms with Crippen LogP contribution in [0.15, 0.2) is 0 Å². The number of hydrogen-bond acceptors (Lipinski definition) is 2. The average molecular weight is 248 g/mol. The van der Waals surface area contributed by atoms with Crippen LogP contribution in [0.1, 0.15) is 32.6 Å². The van der Waals surface area contributed by atoms with Crippen LogP contribution in [0, 0.1) is 11.8 Å². The molecule has 1 rings (SSSR count). The Hall–Kier alpha value is -0.770. The maximum atomic E-state index is 11.3. The van der Waals surface area contributed by atoms with Crippen LogP contribution in [-0.4, -0.2) is 28.9 Å². The third-order valence-corrected chi connectivity index (χ3v) is 3.32. The lowest BCUT2D eigenvalue weighted by molar-refractivity contribution is -0.145. The van der Waals surface area contributed by atoms with Crippen LogP contribution in [0.3, 0.4) is 0 Å². The zero-order valence-corrected chi connectivity index (χ0v) is 10.2. The Labute approximate surface area is 100 Å². The molecule has 3 atom stereocenters. The molecular formula is C11H18ClNO3. The topological polar surface area (TPSA) is 66.4 Å². The van der Waals surface area contributed by atoms with E-state index in [1.165, 1.54) is 0 Å². The van der Waals surface area contributed by atoms with E-state index in [4.69, 9.17) is 16.7 Å². The summed E-state index contributed by atoms with van der Waals surface area (Å²) in [5, 5.41) is 11.2. The molecule has 0 heterocycles. The molecule has 1 saturated carbocycles. The van der Waals surface area contributed by atoms with Gasteiger partial charge in [-0.15, -0.1) is 11.6 Å². The second kappa shape index (κ2) is 6.09. The van der Waals surface area contributed by atoms with Gasteiger partial charge >= 0.3 is 5.97 Å². The molecule has 1 aliphatic rings. The number of carbonyl (C=O) groups is 2. The highest BCUT2D eigenvalue weighted by atomic mass is 35.5. The van der Waals surface area contributed by atoms with Crippen LogP contribution in [0.5, 0.6) is 0 Å². The summed E-state index contributed by atoms with van der Waals surface area (Å²) in [6, 6.07) is 0. The smallest absolute Gasteiger partial charge is 0.306 e. The molecule has 2 N–H and O–H groups in total. The molecule has 0 aromatic heterocycles. The highest BCUT2D eigenvalue weighted by molar-refractivity contribution is 6.30. The first kappa shape index (κ1) is 13.3. The molecule has 92 valence electrons. The van der Waals surface area contributed by atoms with Gasteiger partial charge in [-0.2, -0.15) is 0 Å². The predicted octanol–water partition coefficient (Wildman–Crippen LogP) is 1.62. The van der Waals surface area contributed by atoms with Crippen LogP contribution in [0.2, 0.25) is 0 Å². The predicted molar refractivity (Wildman–Crippen MR) is 61.4 cm³/mol. The molecule has 16 heavy (non-hydrogen) atoms. The largest absolute Gasteiger partial charge is 0.481 e. The average Bonchev–Trinajstić information content (AvgIpc) is 2.25. The first-order valence-electron chi connectivity index (χ1n) is 5.67. The molecule has 5 heteroatoms. The number of carbonyl (C=O) groups excluding carboxylic acids is 1. The second-order valence-electron chi connectivity index (χ2n) is 4.35. The van der Waals surface area contributed by atoms with Crippen LogP contribution in [-0.2, 0) is 9.59 Å². The highest BCUT2D eigenvalue weighted by Gasteiger charge is 2.30. The molecule has 0 aromatic carbocycles. The molecule has 1 unspecified atom stereocenters. The van der Waals surface area contributed by atoms with Gasteiger partial charge in [-0.3, -0.25) is 9.59 Å². The Morgan fingerprint density at radius 2 is 2.06 bits per heavy atom. The van der Waals surface area contributed by atoms with Crippen molar-refractivity contribution < 1.29 is 14.7 Å². The SMILES string of the molecule is CC(Cl)C(=O)NC[C@@H]1CCCC[C@@H]1C(=O)O. The molecule has 4 nitrogen and oxygen atoms in total. The molecule has 0 aromatic rings. The van der Waals surface area contributed by atoms with Gasteiger partial charge < -0.3 is 10.4 Å². The number of nitrogens with one attached hydrogen (secondary N) is 1. The second-order valence-corrected chi connectivity index (χ2v) is 5.01. The zero-order valence-electron chi connectivity index (χ0n) is 9.41. The van der Waals surface area contributed by atoms with E-state index >= 15 is 0 Å². The van der Waals surface area contributed by atoms with E-state index in [0.717, 1.165) is 19.3 Å². The maximum Gasteiger partial charge on any atom is 0.306 e. The van der Waals surface area contributed by atoms with Crippen molar-refractivity contribution in [3.8, 4) is 0 Å². The first-order chi connectivity index (χ1) is 7.52. The van der Waals surface area contributed by atoms with Gasteiger partial charge in [-0.1, -0.05) is 12.8 Å². The Balaban J connectivity index is 2.44. The van der Waals surface area contributed by atoms with E-state index in [-0.39, 0.29) is 17.7 Å². The molecule has 1 fully saturated rings. The van der Waals surface area contributed by atoms with Crippen LogP contribution in [0.25, 0.3) is 0 Å². The summed E-state index contributed by atoms with van der Waals surface area (Å²) >= 11 is 5.62. The van der Waals surface area contributed by atoms with Gasteiger partial charge in [0.2, 0.25) is 5.91 Å². The van der Waals surface area contributed by atoms with Crippen LogP contribution < -0.4 is 5.32 Å². The number of hydrogen-bond donors (Lipinski definition) is 2. The third kappa shape index (κ3) is 3.67. The number of carboxylic acids is 1. The summed E-state index contributed by atoms with van der Waals surface area (Å²) in [6.45, 7) is 2.03. The Bertz CT molecular complexity index is 268. The molecule has 0 aliphatic heterocycles. The van der Waals surface area contributed by atoms with E-state index in [9.17, 15) is 9.59 Å². The molecule has 0 saturated heterocycles. The first-order valence-corrected chi connectivity index (χ1v) is 6.10. The Morgan fingerprint density at radius 1 is 1.44 bits per heavy atom. The fourth-order valence-electron chi connectivity index (χ4n) is 2.15. The highest BCUT2D eigenvalue weighted by Crippen LogP contribution is 2.29. The number of halogens is 1. The lowest BCUT2D eigenvalue weighted by atomic mass is 9.79. The van der Waals surface area contributed by atoms with Gasteiger partial charge in [0.15, 0.2) is 0 Å². The fourth-order valence-corrected chi connectivity index (χ4v) is 2.23. The van der Waals surface area contributed by atoms with E-state index in [1.54, 1.807) is 6.92 Å². The van der Waals surface area contributed by atoms with Crippen molar-refractivity contribution in [2.75, 3.05) is 6.54 Å². The summed E-state index contributed by atoms with van der Waals surface area (Å²) in [7, 11) is 0. The van der Waals surface area contributed by atoms with Crippen molar-refractivity contribution in [3.05, 3.63) is 0 Å². The maximum absolute atomic E-state index is 11.3. The number of aliphatic carboxylic acids is 1. The molecule has 0 bridgehead atoms. The van der Waals surface area contributed by atoms with Crippen molar-refractivity contribution >= 4 is 23.5 Å². The fraction of sp³-hybridized carbons (Fsp3) is 0.818. The van der Waals surface area contributed by atoms with Crippen molar-refractivity contribution in [3.63, 3.8) is 0 Å². The van der Waals surface area contributed by atoms with Crippen molar-refractivity contribution in [1.29, 1.82) is 0 Å². The number of carboxylic acid groups (broad SMARTS) is 1. The van der Waals surface area contributed by atoms with Crippen molar-refractivity contribution in [1.82, 2.24) is 5.32 Å². The lowest BCUT2D eigenvalue weighted by Gasteiger charge is -2.28.